The van der Waals surface area contributed by atoms with Gasteiger partial charge in [-0.1, -0.05) is 43.9 Å². The van der Waals surface area contributed by atoms with Crippen molar-refractivity contribution >= 4 is 8.07 Å². The first-order chi connectivity index (χ1) is 6.64. The van der Waals surface area contributed by atoms with E-state index >= 15 is 0 Å². The van der Waals surface area contributed by atoms with Crippen LogP contribution in [-0.2, 0) is 0 Å². The van der Waals surface area contributed by atoms with E-state index in [1.807, 2.05) is 6.92 Å². The zero-order chi connectivity index (χ0) is 11.6. The highest BCUT2D eigenvalue weighted by molar-refractivity contribution is 6.81. The van der Waals surface area contributed by atoms with Crippen LogP contribution in [0.1, 0.15) is 19.8 Å². The van der Waals surface area contributed by atoms with Gasteiger partial charge < -0.3 is 5.11 Å². The van der Waals surface area contributed by atoms with Gasteiger partial charge in [-0.3, -0.25) is 0 Å². The van der Waals surface area contributed by atoms with Gasteiger partial charge in [-0.25, -0.2) is 0 Å². The van der Waals surface area contributed by atoms with Crippen molar-refractivity contribution in [3.05, 3.63) is 24.3 Å². The molecule has 2 heteroatoms. The molecule has 2 fully saturated rings. The van der Waals surface area contributed by atoms with Crippen molar-refractivity contribution < 1.29 is 5.11 Å². The Morgan fingerprint density at radius 2 is 1.80 bits per heavy atom. The van der Waals surface area contributed by atoms with Crippen molar-refractivity contribution in [2.45, 2.75) is 50.0 Å². The number of rotatable bonds is 3. The summed E-state index contributed by atoms with van der Waals surface area (Å²) in [6, 6.07) is 0. The third-order valence-corrected chi connectivity index (χ3v) is 8.18. The van der Waals surface area contributed by atoms with Gasteiger partial charge in [-0.15, -0.1) is 0 Å². The molecule has 2 saturated carbocycles. The summed E-state index contributed by atoms with van der Waals surface area (Å²) in [7, 11) is -1.42. The Hall–Kier alpha value is -0.343. The van der Waals surface area contributed by atoms with Crippen molar-refractivity contribution in [3.63, 3.8) is 0 Å². The zero-order valence-corrected chi connectivity index (χ0v) is 11.4. The van der Waals surface area contributed by atoms with E-state index in [9.17, 15) is 5.11 Å². The van der Waals surface area contributed by atoms with Gasteiger partial charge in [0.1, 0.15) is 0 Å². The van der Waals surface area contributed by atoms with Crippen molar-refractivity contribution in [1.29, 1.82) is 0 Å². The maximum atomic E-state index is 10.8. The maximum Gasteiger partial charge on any atom is 0.0759 e. The fourth-order valence-electron chi connectivity index (χ4n) is 3.46. The minimum atomic E-state index is -1.42. The molecule has 2 rings (SSSR count). The van der Waals surface area contributed by atoms with Crippen LogP contribution in [0.5, 0.6) is 0 Å². The zero-order valence-electron chi connectivity index (χ0n) is 10.4. The standard InChI is InChI=1S/C13H22OSi/c1-9-7-11(9)12(3,14)13(8-10(13)2)15(4,5)6/h11,14H,1-2,7-8H2,3-6H3. The molecule has 2 aliphatic carbocycles. The Morgan fingerprint density at radius 3 is 2.00 bits per heavy atom. The van der Waals surface area contributed by atoms with Crippen LogP contribution in [0.25, 0.3) is 0 Å². The van der Waals surface area contributed by atoms with Gasteiger partial charge in [0.25, 0.3) is 0 Å². The molecule has 15 heavy (non-hydrogen) atoms. The van der Waals surface area contributed by atoms with Crippen LogP contribution >= 0.6 is 0 Å². The number of hydrogen-bond acceptors (Lipinski definition) is 1. The Bertz CT molecular complexity index is 348. The molecule has 0 amide bonds. The molecule has 1 N–H and O–H groups in total. The summed E-state index contributed by atoms with van der Waals surface area (Å²) in [4.78, 5) is 0. The van der Waals surface area contributed by atoms with Gasteiger partial charge >= 0.3 is 0 Å². The molecule has 2 aliphatic rings. The molecule has 3 unspecified atom stereocenters. The molecule has 0 spiro atoms. The van der Waals surface area contributed by atoms with Gasteiger partial charge in [-0.2, -0.15) is 0 Å². The molecule has 0 saturated heterocycles. The predicted octanol–water partition coefficient (Wildman–Crippen LogP) is 3.35. The lowest BCUT2D eigenvalue weighted by Gasteiger charge is -2.41. The Labute approximate surface area is 93.9 Å². The van der Waals surface area contributed by atoms with Crippen LogP contribution in [0.2, 0.25) is 24.7 Å². The highest BCUT2D eigenvalue weighted by atomic mass is 28.3. The average Bonchev–Trinajstić information content (AvgIpc) is 2.85. The summed E-state index contributed by atoms with van der Waals surface area (Å²) >= 11 is 0. The summed E-state index contributed by atoms with van der Waals surface area (Å²) in [6.45, 7) is 17.1. The summed E-state index contributed by atoms with van der Waals surface area (Å²) < 4.78 is 0. The summed E-state index contributed by atoms with van der Waals surface area (Å²) in [5.41, 5.74) is 1.90. The minimum Gasteiger partial charge on any atom is -0.389 e. The van der Waals surface area contributed by atoms with Gasteiger partial charge in [-0.05, 0) is 19.8 Å². The van der Waals surface area contributed by atoms with E-state index in [0.717, 1.165) is 12.8 Å². The second kappa shape index (κ2) is 2.66. The van der Waals surface area contributed by atoms with E-state index in [1.54, 1.807) is 0 Å². The molecule has 0 aromatic carbocycles. The molecule has 0 aromatic rings. The highest BCUT2D eigenvalue weighted by Crippen LogP contribution is 2.75. The Balaban J connectivity index is 2.36. The van der Waals surface area contributed by atoms with E-state index in [1.165, 1.54) is 11.1 Å². The van der Waals surface area contributed by atoms with E-state index < -0.39 is 13.7 Å². The normalized spacial score (nSPS) is 38.9. The van der Waals surface area contributed by atoms with E-state index in [0.29, 0.717) is 5.92 Å². The second-order valence-corrected chi connectivity index (χ2v) is 11.9. The van der Waals surface area contributed by atoms with Crippen molar-refractivity contribution in [1.82, 2.24) is 0 Å². The Morgan fingerprint density at radius 1 is 1.40 bits per heavy atom. The van der Waals surface area contributed by atoms with Crippen LogP contribution < -0.4 is 0 Å². The maximum absolute atomic E-state index is 10.8. The molecule has 3 atom stereocenters. The average molecular weight is 222 g/mol. The first kappa shape index (κ1) is 11.2. The first-order valence-electron chi connectivity index (χ1n) is 5.73. The molecule has 0 bridgehead atoms. The van der Waals surface area contributed by atoms with Crippen molar-refractivity contribution in [2.75, 3.05) is 0 Å². The molecule has 84 valence electrons. The van der Waals surface area contributed by atoms with Crippen LogP contribution in [0.3, 0.4) is 0 Å². The smallest absolute Gasteiger partial charge is 0.0759 e. The lowest BCUT2D eigenvalue weighted by molar-refractivity contribution is 0.0264. The highest BCUT2D eigenvalue weighted by Gasteiger charge is 2.70. The molecule has 1 nitrogen and oxygen atoms in total. The minimum absolute atomic E-state index is 0.0457. The second-order valence-electron chi connectivity index (χ2n) is 6.50. The molecule has 0 heterocycles. The molecule has 0 aromatic heterocycles. The van der Waals surface area contributed by atoms with E-state index in [-0.39, 0.29) is 5.04 Å². The van der Waals surface area contributed by atoms with Gasteiger partial charge in [0.05, 0.1) is 13.7 Å². The summed E-state index contributed by atoms with van der Waals surface area (Å²) in [6.07, 6.45) is 2.03. The largest absolute Gasteiger partial charge is 0.389 e. The lowest BCUT2D eigenvalue weighted by Crippen LogP contribution is -2.47. The lowest BCUT2D eigenvalue weighted by atomic mass is 9.92. The quantitative estimate of drug-likeness (QED) is 0.573. The fourth-order valence-corrected chi connectivity index (χ4v) is 6.96. The monoisotopic (exact) mass is 222 g/mol. The van der Waals surface area contributed by atoms with Crippen molar-refractivity contribution in [3.8, 4) is 0 Å². The summed E-state index contributed by atoms with van der Waals surface area (Å²) in [5, 5.41) is 10.9. The molecule has 0 radical (unpaired) electrons. The van der Waals surface area contributed by atoms with Crippen LogP contribution in [0, 0.1) is 5.92 Å². The third kappa shape index (κ3) is 1.24. The van der Waals surface area contributed by atoms with E-state index in [2.05, 4.69) is 32.8 Å². The predicted molar refractivity (Wildman–Crippen MR) is 67.7 cm³/mol. The van der Waals surface area contributed by atoms with E-state index in [4.69, 9.17) is 0 Å². The molecular formula is C13H22OSi. The fraction of sp³-hybridized carbons (Fsp3) is 0.692. The molecule has 0 aliphatic heterocycles. The SMILES string of the molecule is C=C1CC1C(C)(O)C1([Si](C)(C)C)CC1=C. The van der Waals surface area contributed by atoms with Gasteiger partial charge in [0, 0.05) is 11.0 Å². The third-order valence-electron chi connectivity index (χ3n) is 4.58. The van der Waals surface area contributed by atoms with Gasteiger partial charge in [0.2, 0.25) is 0 Å². The number of aliphatic hydroxyl groups is 1. The Kier molecular flexibility index (Phi) is 1.98. The van der Waals surface area contributed by atoms with Crippen LogP contribution in [-0.4, -0.2) is 18.8 Å². The number of hydrogen-bond donors (Lipinski definition) is 1. The van der Waals surface area contributed by atoms with Gasteiger partial charge in [0.15, 0.2) is 0 Å². The molecular weight excluding hydrogens is 200 g/mol. The van der Waals surface area contributed by atoms with Crippen molar-refractivity contribution in [2.24, 2.45) is 5.92 Å². The summed E-state index contributed by atoms with van der Waals surface area (Å²) in [5.74, 6) is 0.323. The topological polar surface area (TPSA) is 20.2 Å². The first-order valence-corrected chi connectivity index (χ1v) is 9.23. The van der Waals surface area contributed by atoms with Crippen LogP contribution in [0.4, 0.5) is 0 Å². The van der Waals surface area contributed by atoms with Crippen LogP contribution in [0.15, 0.2) is 24.3 Å².